The van der Waals surface area contributed by atoms with Gasteiger partial charge in [0.15, 0.2) is 16.6 Å². The van der Waals surface area contributed by atoms with Gasteiger partial charge < -0.3 is 11.1 Å². The van der Waals surface area contributed by atoms with Crippen molar-refractivity contribution in [2.75, 3.05) is 11.1 Å². The first-order valence-electron chi connectivity index (χ1n) is 8.59. The summed E-state index contributed by atoms with van der Waals surface area (Å²) in [5.74, 6) is 0.190. The van der Waals surface area contributed by atoms with Crippen LogP contribution in [0.3, 0.4) is 0 Å². The molecule has 4 rings (SSSR count). The highest BCUT2D eigenvalue weighted by molar-refractivity contribution is 7.99. The molecule has 0 spiro atoms. The number of Topliss-reactive ketones (excluding diaryl/α,β-unsaturated/α-hetero) is 1. The molecule has 0 unspecified atom stereocenters. The molecule has 28 heavy (non-hydrogen) atoms. The highest BCUT2D eigenvalue weighted by atomic mass is 32.2. The number of aryl methyl sites for hydroxylation is 1. The van der Waals surface area contributed by atoms with Gasteiger partial charge in [0.25, 0.3) is 0 Å². The first kappa shape index (κ1) is 18.0. The van der Waals surface area contributed by atoms with Crippen molar-refractivity contribution in [3.8, 4) is 0 Å². The summed E-state index contributed by atoms with van der Waals surface area (Å²) in [5.41, 5.74) is 9.08. The van der Waals surface area contributed by atoms with Crippen LogP contribution < -0.4 is 11.1 Å². The summed E-state index contributed by atoms with van der Waals surface area (Å²) >= 11 is 1.35. The zero-order valence-electron chi connectivity index (χ0n) is 15.0. The zero-order chi connectivity index (χ0) is 19.7. The molecule has 0 saturated heterocycles. The maximum absolute atomic E-state index is 12.5. The number of para-hydroxylation sites is 1. The molecule has 4 aromatic rings. The molecule has 7 nitrogen and oxygen atoms in total. The molecule has 2 aromatic carbocycles. The Kier molecular flexibility index (Phi) is 4.70. The number of hydrogen-bond acceptors (Lipinski definition) is 5. The van der Waals surface area contributed by atoms with Gasteiger partial charge in [-0.15, -0.1) is 10.2 Å². The molecule has 0 aliphatic carbocycles. The van der Waals surface area contributed by atoms with Gasteiger partial charge in [-0.05, 0) is 48.9 Å². The van der Waals surface area contributed by atoms with Crippen molar-refractivity contribution in [1.82, 2.24) is 14.6 Å². The van der Waals surface area contributed by atoms with Crippen LogP contribution >= 0.6 is 11.8 Å². The van der Waals surface area contributed by atoms with Gasteiger partial charge in [-0.3, -0.25) is 9.20 Å². The number of primary amides is 1. The second kappa shape index (κ2) is 7.32. The van der Waals surface area contributed by atoms with Crippen LogP contribution in [0.2, 0.25) is 0 Å². The van der Waals surface area contributed by atoms with Gasteiger partial charge >= 0.3 is 6.03 Å². The van der Waals surface area contributed by atoms with E-state index in [1.807, 2.05) is 35.6 Å². The zero-order valence-corrected chi connectivity index (χ0v) is 15.9. The molecule has 0 atom stereocenters. The predicted molar refractivity (Wildman–Crippen MR) is 110 cm³/mol. The lowest BCUT2D eigenvalue weighted by atomic mass is 10.1. The molecule has 2 heterocycles. The van der Waals surface area contributed by atoms with E-state index in [9.17, 15) is 9.59 Å². The Bertz CT molecular complexity index is 1200. The molecule has 2 aromatic heterocycles. The van der Waals surface area contributed by atoms with E-state index in [0.29, 0.717) is 16.4 Å². The number of nitrogens with zero attached hydrogens (tertiary/aromatic N) is 3. The Labute approximate surface area is 164 Å². The smallest absolute Gasteiger partial charge is 0.316 e. The predicted octanol–water partition coefficient (Wildman–Crippen LogP) is 3.66. The average Bonchev–Trinajstić information content (AvgIpc) is 3.09. The highest BCUT2D eigenvalue weighted by Crippen LogP contribution is 2.26. The molecular weight excluding hydrogens is 374 g/mol. The number of amides is 2. The molecule has 2 amide bonds. The number of benzene rings is 2. The van der Waals surface area contributed by atoms with E-state index in [-0.39, 0.29) is 11.5 Å². The summed E-state index contributed by atoms with van der Waals surface area (Å²) < 4.78 is 1.97. The van der Waals surface area contributed by atoms with Crippen LogP contribution in [0.25, 0.3) is 16.6 Å². The summed E-state index contributed by atoms with van der Waals surface area (Å²) in [4.78, 5) is 23.4. The van der Waals surface area contributed by atoms with Crippen LogP contribution in [-0.2, 0) is 0 Å². The minimum atomic E-state index is -0.643. The van der Waals surface area contributed by atoms with Crippen molar-refractivity contribution in [3.63, 3.8) is 0 Å². The molecular formula is C20H17N5O2S. The lowest BCUT2D eigenvalue weighted by Crippen LogP contribution is -2.19. The average molecular weight is 391 g/mol. The third-order valence-electron chi connectivity index (χ3n) is 4.38. The molecule has 0 aliphatic rings. The molecule has 3 N–H and O–H groups in total. The summed E-state index contributed by atoms with van der Waals surface area (Å²) in [7, 11) is 0. The number of anilines is 1. The van der Waals surface area contributed by atoms with Crippen LogP contribution in [-0.4, -0.2) is 32.2 Å². The van der Waals surface area contributed by atoms with Crippen molar-refractivity contribution < 1.29 is 9.59 Å². The molecule has 8 heteroatoms. The lowest BCUT2D eigenvalue weighted by Gasteiger charge is -2.07. The highest BCUT2D eigenvalue weighted by Gasteiger charge is 2.14. The third-order valence-corrected chi connectivity index (χ3v) is 5.31. The van der Waals surface area contributed by atoms with Gasteiger partial charge in [0.2, 0.25) is 0 Å². The number of pyridine rings is 1. The molecule has 0 bridgehead atoms. The summed E-state index contributed by atoms with van der Waals surface area (Å²) in [6.45, 7) is 2.05. The van der Waals surface area contributed by atoms with E-state index in [4.69, 9.17) is 5.73 Å². The lowest BCUT2D eigenvalue weighted by molar-refractivity contribution is 0.102. The van der Waals surface area contributed by atoms with Gasteiger partial charge in [-0.1, -0.05) is 30.0 Å². The van der Waals surface area contributed by atoms with Crippen molar-refractivity contribution in [2.24, 2.45) is 5.73 Å². The standard InChI is InChI=1S/C20H17N5O2S/c1-12-10-18-23-24-20(25(18)16-5-3-2-4-15(12)16)28-11-17(26)13-6-8-14(9-7-13)22-19(21)27/h2-10H,11H2,1H3,(H3,21,22,27). The maximum atomic E-state index is 12.5. The second-order valence-electron chi connectivity index (χ2n) is 6.30. The first-order chi connectivity index (χ1) is 13.5. The van der Waals surface area contributed by atoms with Gasteiger partial charge in [0.1, 0.15) is 0 Å². The van der Waals surface area contributed by atoms with E-state index < -0.39 is 6.03 Å². The summed E-state index contributed by atoms with van der Waals surface area (Å²) in [6.07, 6.45) is 0. The number of hydrogen-bond donors (Lipinski definition) is 2. The fourth-order valence-electron chi connectivity index (χ4n) is 3.06. The number of fused-ring (bicyclic) bond motifs is 3. The van der Waals surface area contributed by atoms with Gasteiger partial charge in [-0.2, -0.15) is 0 Å². The fraction of sp³-hybridized carbons (Fsp3) is 0.100. The van der Waals surface area contributed by atoms with Crippen LogP contribution in [0.1, 0.15) is 15.9 Å². The normalized spacial score (nSPS) is 11.0. The Morgan fingerprint density at radius 1 is 1.11 bits per heavy atom. The van der Waals surface area contributed by atoms with E-state index in [0.717, 1.165) is 22.1 Å². The van der Waals surface area contributed by atoms with Crippen LogP contribution in [0.5, 0.6) is 0 Å². The molecule has 0 saturated carbocycles. The first-order valence-corrected chi connectivity index (χ1v) is 9.57. The summed E-state index contributed by atoms with van der Waals surface area (Å²) in [6, 6.07) is 16.0. The second-order valence-corrected chi connectivity index (χ2v) is 7.24. The van der Waals surface area contributed by atoms with Crippen LogP contribution in [0.15, 0.2) is 59.8 Å². The largest absolute Gasteiger partial charge is 0.351 e. The number of carbonyl (C=O) groups excluding carboxylic acids is 2. The van der Waals surface area contributed by atoms with E-state index in [1.54, 1.807) is 24.3 Å². The number of nitrogens with one attached hydrogen (secondary N) is 1. The Hall–Kier alpha value is -3.39. The minimum absolute atomic E-state index is 0.0382. The van der Waals surface area contributed by atoms with Crippen molar-refractivity contribution in [1.29, 1.82) is 0 Å². The van der Waals surface area contributed by atoms with E-state index in [1.165, 1.54) is 11.8 Å². The fourth-order valence-corrected chi connectivity index (χ4v) is 3.91. The molecule has 140 valence electrons. The number of urea groups is 1. The molecule has 0 radical (unpaired) electrons. The number of aromatic nitrogens is 3. The number of nitrogens with two attached hydrogens (primary N) is 1. The maximum Gasteiger partial charge on any atom is 0.316 e. The number of carbonyl (C=O) groups is 2. The van der Waals surface area contributed by atoms with Gasteiger partial charge in [-0.25, -0.2) is 4.79 Å². The van der Waals surface area contributed by atoms with Crippen molar-refractivity contribution in [3.05, 3.63) is 65.7 Å². The van der Waals surface area contributed by atoms with Gasteiger partial charge in [0, 0.05) is 16.6 Å². The van der Waals surface area contributed by atoms with E-state index >= 15 is 0 Å². The monoisotopic (exact) mass is 391 g/mol. The SMILES string of the molecule is Cc1cc2nnc(SCC(=O)c3ccc(NC(N)=O)cc3)n2c2ccccc12. The number of rotatable bonds is 5. The quantitative estimate of drug-likeness (QED) is 0.399. The van der Waals surface area contributed by atoms with Crippen LogP contribution in [0, 0.1) is 6.92 Å². The van der Waals surface area contributed by atoms with Crippen molar-refractivity contribution in [2.45, 2.75) is 12.1 Å². The van der Waals surface area contributed by atoms with Gasteiger partial charge in [0.05, 0.1) is 11.3 Å². The topological polar surface area (TPSA) is 102 Å². The van der Waals surface area contributed by atoms with Crippen LogP contribution in [0.4, 0.5) is 10.5 Å². The van der Waals surface area contributed by atoms with Crippen molar-refractivity contribution >= 4 is 45.8 Å². The number of thioether (sulfide) groups is 1. The third kappa shape index (κ3) is 3.41. The Balaban J connectivity index is 1.57. The molecule has 0 fully saturated rings. The minimum Gasteiger partial charge on any atom is -0.351 e. The Morgan fingerprint density at radius 3 is 2.61 bits per heavy atom. The summed E-state index contributed by atoms with van der Waals surface area (Å²) in [5, 5.41) is 12.8. The Morgan fingerprint density at radius 2 is 1.86 bits per heavy atom. The van der Waals surface area contributed by atoms with E-state index in [2.05, 4.69) is 21.6 Å². The number of ketones is 1. The molecule has 0 aliphatic heterocycles.